The lowest BCUT2D eigenvalue weighted by atomic mass is 10.1. The zero-order valence-corrected chi connectivity index (χ0v) is 14.0. The molecule has 0 spiro atoms. The standard InChI is InChI=1S/C17H20ClN5O/c18-15-16(19)21-11-22-17(15)20-9-13-8-14(24)23(10-13)7-6-12-4-2-1-3-5-12/h1-5,11,13H,6-10H2,(H3,19,20,21,22). The number of hydrogen-bond acceptors (Lipinski definition) is 5. The lowest BCUT2D eigenvalue weighted by Gasteiger charge is -2.17. The van der Waals surface area contributed by atoms with E-state index in [9.17, 15) is 4.79 Å². The van der Waals surface area contributed by atoms with Gasteiger partial charge in [-0.2, -0.15) is 0 Å². The zero-order chi connectivity index (χ0) is 16.9. The first-order valence-electron chi connectivity index (χ1n) is 7.95. The molecule has 0 radical (unpaired) electrons. The molecule has 1 unspecified atom stereocenters. The van der Waals surface area contributed by atoms with E-state index >= 15 is 0 Å². The van der Waals surface area contributed by atoms with Gasteiger partial charge >= 0.3 is 0 Å². The number of likely N-dealkylation sites (tertiary alicyclic amines) is 1. The minimum absolute atomic E-state index is 0.200. The fourth-order valence-electron chi connectivity index (χ4n) is 2.86. The summed E-state index contributed by atoms with van der Waals surface area (Å²) < 4.78 is 0. The van der Waals surface area contributed by atoms with Crippen LogP contribution in [-0.4, -0.2) is 40.4 Å². The number of benzene rings is 1. The molecule has 2 aromatic rings. The topological polar surface area (TPSA) is 84.1 Å². The summed E-state index contributed by atoms with van der Waals surface area (Å²) >= 11 is 6.06. The second kappa shape index (κ2) is 7.49. The van der Waals surface area contributed by atoms with Crippen molar-refractivity contribution in [1.82, 2.24) is 14.9 Å². The summed E-state index contributed by atoms with van der Waals surface area (Å²) in [5.41, 5.74) is 6.90. The Morgan fingerprint density at radius 3 is 2.88 bits per heavy atom. The molecule has 1 atom stereocenters. The van der Waals surface area contributed by atoms with Crippen molar-refractivity contribution >= 4 is 29.1 Å². The number of halogens is 1. The van der Waals surface area contributed by atoms with Gasteiger partial charge < -0.3 is 16.0 Å². The van der Waals surface area contributed by atoms with E-state index in [-0.39, 0.29) is 17.6 Å². The third-order valence-corrected chi connectivity index (χ3v) is 4.56. The van der Waals surface area contributed by atoms with E-state index in [2.05, 4.69) is 27.4 Å². The third-order valence-electron chi connectivity index (χ3n) is 4.18. The molecule has 1 saturated heterocycles. The predicted molar refractivity (Wildman–Crippen MR) is 94.8 cm³/mol. The molecule has 7 heteroatoms. The monoisotopic (exact) mass is 345 g/mol. The van der Waals surface area contributed by atoms with Gasteiger partial charge in [-0.15, -0.1) is 0 Å². The molecule has 126 valence electrons. The highest BCUT2D eigenvalue weighted by Crippen LogP contribution is 2.25. The van der Waals surface area contributed by atoms with Crippen LogP contribution in [0.3, 0.4) is 0 Å². The number of nitrogen functional groups attached to an aromatic ring is 1. The fraction of sp³-hybridized carbons (Fsp3) is 0.353. The number of rotatable bonds is 6. The summed E-state index contributed by atoms with van der Waals surface area (Å²) in [6, 6.07) is 10.2. The second-order valence-corrected chi connectivity index (χ2v) is 6.33. The number of amides is 1. The molecule has 0 saturated carbocycles. The Balaban J connectivity index is 1.50. The van der Waals surface area contributed by atoms with Crippen molar-refractivity contribution in [3.63, 3.8) is 0 Å². The van der Waals surface area contributed by atoms with Gasteiger partial charge in [0.15, 0.2) is 0 Å². The first kappa shape index (κ1) is 16.5. The highest BCUT2D eigenvalue weighted by molar-refractivity contribution is 6.35. The Hall–Kier alpha value is -2.34. The van der Waals surface area contributed by atoms with Gasteiger partial charge in [0.2, 0.25) is 5.91 Å². The minimum atomic E-state index is 0.200. The van der Waals surface area contributed by atoms with Crippen molar-refractivity contribution < 1.29 is 4.79 Å². The molecule has 3 N–H and O–H groups in total. The van der Waals surface area contributed by atoms with Crippen LogP contribution in [0.1, 0.15) is 12.0 Å². The van der Waals surface area contributed by atoms with Crippen LogP contribution < -0.4 is 11.1 Å². The van der Waals surface area contributed by atoms with Crippen LogP contribution in [0, 0.1) is 5.92 Å². The lowest BCUT2D eigenvalue weighted by Crippen LogP contribution is -2.28. The van der Waals surface area contributed by atoms with Gasteiger partial charge in [-0.1, -0.05) is 41.9 Å². The van der Waals surface area contributed by atoms with Gasteiger partial charge in [0.1, 0.15) is 23.0 Å². The van der Waals surface area contributed by atoms with Crippen LogP contribution in [0.15, 0.2) is 36.7 Å². The van der Waals surface area contributed by atoms with E-state index in [4.69, 9.17) is 17.3 Å². The Morgan fingerprint density at radius 1 is 1.29 bits per heavy atom. The molecular formula is C17H20ClN5O. The first-order chi connectivity index (χ1) is 11.6. The van der Waals surface area contributed by atoms with Crippen LogP contribution in [0.25, 0.3) is 0 Å². The summed E-state index contributed by atoms with van der Waals surface area (Å²) in [4.78, 5) is 22.0. The lowest BCUT2D eigenvalue weighted by molar-refractivity contribution is -0.127. The van der Waals surface area contributed by atoms with Crippen molar-refractivity contribution in [2.45, 2.75) is 12.8 Å². The normalized spacial score (nSPS) is 17.3. The number of nitrogens with two attached hydrogens (primary N) is 1. The van der Waals surface area contributed by atoms with Crippen molar-refractivity contribution in [3.05, 3.63) is 47.2 Å². The van der Waals surface area contributed by atoms with Crippen LogP contribution in [0.2, 0.25) is 5.02 Å². The number of nitrogens with zero attached hydrogens (tertiary/aromatic N) is 3. The third kappa shape index (κ3) is 3.94. The van der Waals surface area contributed by atoms with Gasteiger partial charge in [0.25, 0.3) is 0 Å². The molecule has 2 heterocycles. The van der Waals surface area contributed by atoms with E-state index in [0.29, 0.717) is 23.8 Å². The molecule has 1 amide bonds. The Bertz CT molecular complexity index is 709. The quantitative estimate of drug-likeness (QED) is 0.838. The predicted octanol–water partition coefficient (Wildman–Crippen LogP) is 2.22. The largest absolute Gasteiger partial charge is 0.382 e. The van der Waals surface area contributed by atoms with Gasteiger partial charge in [-0.3, -0.25) is 4.79 Å². The number of carbonyl (C=O) groups is 1. The zero-order valence-electron chi connectivity index (χ0n) is 13.3. The number of aromatic nitrogens is 2. The maximum atomic E-state index is 12.2. The Morgan fingerprint density at radius 2 is 2.08 bits per heavy atom. The first-order valence-corrected chi connectivity index (χ1v) is 8.33. The molecule has 1 aliphatic rings. The molecule has 1 aliphatic heterocycles. The van der Waals surface area contributed by atoms with Crippen molar-refractivity contribution in [1.29, 1.82) is 0 Å². The van der Waals surface area contributed by atoms with Crippen LogP contribution >= 0.6 is 11.6 Å². The summed E-state index contributed by atoms with van der Waals surface area (Å²) in [5, 5.41) is 3.49. The number of carbonyl (C=O) groups excluding carboxylic acids is 1. The summed E-state index contributed by atoms with van der Waals surface area (Å²) in [7, 11) is 0. The maximum Gasteiger partial charge on any atom is 0.223 e. The van der Waals surface area contributed by atoms with Crippen molar-refractivity contribution in [2.24, 2.45) is 5.92 Å². The molecule has 0 bridgehead atoms. The molecule has 0 aliphatic carbocycles. The molecular weight excluding hydrogens is 326 g/mol. The SMILES string of the molecule is Nc1ncnc(NCC2CC(=O)N(CCc3ccccc3)C2)c1Cl. The van der Waals surface area contributed by atoms with E-state index < -0.39 is 0 Å². The van der Waals surface area contributed by atoms with Crippen molar-refractivity contribution in [3.8, 4) is 0 Å². The highest BCUT2D eigenvalue weighted by atomic mass is 35.5. The molecule has 6 nitrogen and oxygen atoms in total. The summed E-state index contributed by atoms with van der Waals surface area (Å²) in [5.74, 6) is 1.20. The van der Waals surface area contributed by atoms with Gasteiger partial charge in [-0.05, 0) is 12.0 Å². The van der Waals surface area contributed by atoms with Crippen LogP contribution in [0.4, 0.5) is 11.6 Å². The van der Waals surface area contributed by atoms with Crippen molar-refractivity contribution in [2.75, 3.05) is 30.7 Å². The van der Waals surface area contributed by atoms with E-state index in [0.717, 1.165) is 19.5 Å². The smallest absolute Gasteiger partial charge is 0.223 e. The van der Waals surface area contributed by atoms with E-state index in [1.807, 2.05) is 23.1 Å². The summed E-state index contributed by atoms with van der Waals surface area (Å²) in [6.07, 6.45) is 2.79. The highest BCUT2D eigenvalue weighted by Gasteiger charge is 2.29. The van der Waals surface area contributed by atoms with Crippen LogP contribution in [-0.2, 0) is 11.2 Å². The Labute approximate surface area is 146 Å². The fourth-order valence-corrected chi connectivity index (χ4v) is 3.03. The average Bonchev–Trinajstić information content (AvgIpc) is 2.95. The average molecular weight is 346 g/mol. The molecule has 24 heavy (non-hydrogen) atoms. The van der Waals surface area contributed by atoms with Gasteiger partial charge in [0, 0.05) is 32.0 Å². The number of anilines is 2. The van der Waals surface area contributed by atoms with Gasteiger partial charge in [0.05, 0.1) is 0 Å². The molecule has 3 rings (SSSR count). The Kier molecular flexibility index (Phi) is 5.15. The van der Waals surface area contributed by atoms with Gasteiger partial charge in [-0.25, -0.2) is 9.97 Å². The second-order valence-electron chi connectivity index (χ2n) is 5.95. The maximum absolute atomic E-state index is 12.2. The number of nitrogens with one attached hydrogen (secondary N) is 1. The minimum Gasteiger partial charge on any atom is -0.382 e. The van der Waals surface area contributed by atoms with E-state index in [1.54, 1.807) is 0 Å². The van der Waals surface area contributed by atoms with Crippen LogP contribution in [0.5, 0.6) is 0 Å². The summed E-state index contributed by atoms with van der Waals surface area (Å²) in [6.45, 7) is 2.13. The molecule has 1 aromatic carbocycles. The molecule has 1 aromatic heterocycles. The molecule has 1 fully saturated rings. The van der Waals surface area contributed by atoms with E-state index in [1.165, 1.54) is 11.9 Å². The number of hydrogen-bond donors (Lipinski definition) is 2.